The topological polar surface area (TPSA) is 51.5 Å². The Hall–Kier alpha value is -1.29. The zero-order chi connectivity index (χ0) is 14.8. The zero-order valence-corrected chi connectivity index (χ0v) is 12.7. The number of nitrogens with zero attached hydrogens (tertiary/aromatic N) is 1. The number of aliphatic hydroxyl groups excluding tert-OH is 1. The summed E-state index contributed by atoms with van der Waals surface area (Å²) >= 11 is 0. The number of carbonyl (C=O) groups excluding carboxylic acids is 1. The van der Waals surface area contributed by atoms with Gasteiger partial charge in [0.25, 0.3) is 0 Å². The molecule has 1 rings (SSSR count). The molecule has 4 nitrogen and oxygen atoms in total. The molecule has 0 aliphatic heterocycles. The van der Waals surface area contributed by atoms with Crippen molar-refractivity contribution in [1.82, 2.24) is 4.57 Å². The SMILES string of the molecule is CCCC(O)c1ccn(CCCCCC(=O)OCC)c1. The smallest absolute Gasteiger partial charge is 0.305 e. The van der Waals surface area contributed by atoms with Crippen LogP contribution in [-0.4, -0.2) is 22.2 Å². The van der Waals surface area contributed by atoms with Crippen LogP contribution in [0.1, 0.15) is 64.0 Å². The van der Waals surface area contributed by atoms with Crippen molar-refractivity contribution in [3.63, 3.8) is 0 Å². The normalized spacial score (nSPS) is 12.3. The average molecular weight is 281 g/mol. The van der Waals surface area contributed by atoms with Gasteiger partial charge < -0.3 is 14.4 Å². The van der Waals surface area contributed by atoms with Crippen LogP contribution < -0.4 is 0 Å². The minimum absolute atomic E-state index is 0.0987. The molecule has 0 amide bonds. The van der Waals surface area contributed by atoms with Crippen LogP contribution in [0.4, 0.5) is 0 Å². The summed E-state index contributed by atoms with van der Waals surface area (Å²) in [4.78, 5) is 11.2. The van der Waals surface area contributed by atoms with Gasteiger partial charge in [-0.3, -0.25) is 4.79 Å². The van der Waals surface area contributed by atoms with E-state index in [-0.39, 0.29) is 12.1 Å². The van der Waals surface area contributed by atoms with Crippen molar-refractivity contribution in [1.29, 1.82) is 0 Å². The molecule has 0 bridgehead atoms. The molecule has 4 heteroatoms. The second kappa shape index (κ2) is 9.59. The van der Waals surface area contributed by atoms with Crippen LogP contribution in [0.3, 0.4) is 0 Å². The van der Waals surface area contributed by atoms with Crippen LogP contribution >= 0.6 is 0 Å². The number of hydrogen-bond donors (Lipinski definition) is 1. The van der Waals surface area contributed by atoms with Crippen molar-refractivity contribution in [3.8, 4) is 0 Å². The summed E-state index contributed by atoms with van der Waals surface area (Å²) in [5.41, 5.74) is 0.998. The Morgan fingerprint density at radius 1 is 1.35 bits per heavy atom. The number of hydrogen-bond acceptors (Lipinski definition) is 3. The van der Waals surface area contributed by atoms with Crippen molar-refractivity contribution in [2.45, 2.75) is 65.0 Å². The number of aliphatic hydroxyl groups is 1. The largest absolute Gasteiger partial charge is 0.466 e. The summed E-state index contributed by atoms with van der Waals surface area (Å²) < 4.78 is 7.00. The summed E-state index contributed by atoms with van der Waals surface area (Å²) in [6.07, 6.45) is 8.94. The molecular formula is C16H27NO3. The minimum Gasteiger partial charge on any atom is -0.466 e. The molecule has 0 saturated carbocycles. The van der Waals surface area contributed by atoms with Gasteiger partial charge in [-0.25, -0.2) is 0 Å². The maximum atomic E-state index is 11.2. The molecule has 0 fully saturated rings. The summed E-state index contributed by atoms with van der Waals surface area (Å²) in [5, 5.41) is 9.89. The van der Waals surface area contributed by atoms with Crippen LogP contribution in [-0.2, 0) is 16.1 Å². The molecule has 1 aromatic rings. The van der Waals surface area contributed by atoms with Gasteiger partial charge in [0.2, 0.25) is 0 Å². The van der Waals surface area contributed by atoms with Gasteiger partial charge in [0.15, 0.2) is 0 Å². The summed E-state index contributed by atoms with van der Waals surface area (Å²) in [6.45, 7) is 5.30. The van der Waals surface area contributed by atoms with Gasteiger partial charge in [0, 0.05) is 25.4 Å². The maximum absolute atomic E-state index is 11.2. The van der Waals surface area contributed by atoms with Crippen LogP contribution in [0.2, 0.25) is 0 Å². The van der Waals surface area contributed by atoms with Crippen LogP contribution in [0.15, 0.2) is 18.5 Å². The fraction of sp³-hybridized carbons (Fsp3) is 0.688. The highest BCUT2D eigenvalue weighted by molar-refractivity contribution is 5.69. The zero-order valence-electron chi connectivity index (χ0n) is 12.7. The lowest BCUT2D eigenvalue weighted by Gasteiger charge is -2.06. The van der Waals surface area contributed by atoms with Gasteiger partial charge in [-0.1, -0.05) is 19.8 Å². The van der Waals surface area contributed by atoms with Crippen molar-refractivity contribution < 1.29 is 14.6 Å². The number of aromatic nitrogens is 1. The molecule has 0 saturated heterocycles. The molecule has 1 aromatic heterocycles. The Bertz CT molecular complexity index is 387. The van der Waals surface area contributed by atoms with E-state index in [1.54, 1.807) is 0 Å². The lowest BCUT2D eigenvalue weighted by Crippen LogP contribution is -2.03. The van der Waals surface area contributed by atoms with E-state index in [1.807, 2.05) is 25.4 Å². The Labute approximate surface area is 121 Å². The predicted molar refractivity (Wildman–Crippen MR) is 79.4 cm³/mol. The van der Waals surface area contributed by atoms with Gasteiger partial charge >= 0.3 is 5.97 Å². The van der Waals surface area contributed by atoms with E-state index in [9.17, 15) is 9.90 Å². The molecule has 0 radical (unpaired) electrons. The first-order chi connectivity index (χ1) is 9.67. The van der Waals surface area contributed by atoms with Gasteiger partial charge in [-0.2, -0.15) is 0 Å². The second-order valence-electron chi connectivity index (χ2n) is 5.10. The molecule has 0 aromatic carbocycles. The molecule has 0 spiro atoms. The molecule has 0 aliphatic carbocycles. The van der Waals surface area contributed by atoms with E-state index in [2.05, 4.69) is 11.5 Å². The van der Waals surface area contributed by atoms with E-state index >= 15 is 0 Å². The van der Waals surface area contributed by atoms with Gasteiger partial charge in [0.05, 0.1) is 12.7 Å². The fourth-order valence-electron chi connectivity index (χ4n) is 2.21. The van der Waals surface area contributed by atoms with E-state index in [1.165, 1.54) is 0 Å². The third-order valence-electron chi connectivity index (χ3n) is 3.32. The van der Waals surface area contributed by atoms with Crippen LogP contribution in [0, 0.1) is 0 Å². The van der Waals surface area contributed by atoms with Crippen molar-refractivity contribution in [2.75, 3.05) is 6.61 Å². The van der Waals surface area contributed by atoms with Gasteiger partial charge in [-0.15, -0.1) is 0 Å². The van der Waals surface area contributed by atoms with E-state index in [4.69, 9.17) is 4.74 Å². The molecule has 0 aliphatic rings. The lowest BCUT2D eigenvalue weighted by molar-refractivity contribution is -0.143. The Morgan fingerprint density at radius 3 is 2.85 bits per heavy atom. The fourth-order valence-corrected chi connectivity index (χ4v) is 2.21. The summed E-state index contributed by atoms with van der Waals surface area (Å²) in [5.74, 6) is -0.0987. The molecule has 1 heterocycles. The van der Waals surface area contributed by atoms with E-state index < -0.39 is 0 Å². The average Bonchev–Trinajstić information content (AvgIpc) is 2.88. The summed E-state index contributed by atoms with van der Waals surface area (Å²) in [7, 11) is 0. The molecule has 114 valence electrons. The number of unbranched alkanes of at least 4 members (excludes halogenated alkanes) is 2. The quantitative estimate of drug-likeness (QED) is 0.528. The Kier molecular flexibility index (Phi) is 8.04. The van der Waals surface area contributed by atoms with Crippen molar-refractivity contribution in [3.05, 3.63) is 24.0 Å². The number of rotatable bonds is 10. The molecule has 20 heavy (non-hydrogen) atoms. The Morgan fingerprint density at radius 2 is 2.15 bits per heavy atom. The second-order valence-corrected chi connectivity index (χ2v) is 5.10. The molecule has 1 unspecified atom stereocenters. The molecular weight excluding hydrogens is 254 g/mol. The maximum Gasteiger partial charge on any atom is 0.305 e. The van der Waals surface area contributed by atoms with Crippen LogP contribution in [0.25, 0.3) is 0 Å². The third kappa shape index (κ3) is 6.24. The number of carbonyl (C=O) groups is 1. The van der Waals surface area contributed by atoms with Crippen LogP contribution in [0.5, 0.6) is 0 Å². The van der Waals surface area contributed by atoms with Crippen molar-refractivity contribution in [2.24, 2.45) is 0 Å². The van der Waals surface area contributed by atoms with E-state index in [0.29, 0.717) is 13.0 Å². The third-order valence-corrected chi connectivity index (χ3v) is 3.32. The predicted octanol–water partition coefficient (Wildman–Crippen LogP) is 3.45. The lowest BCUT2D eigenvalue weighted by atomic mass is 10.1. The first kappa shape index (κ1) is 16.8. The van der Waals surface area contributed by atoms with E-state index in [0.717, 1.165) is 44.2 Å². The highest BCUT2D eigenvalue weighted by Gasteiger charge is 2.07. The summed E-state index contributed by atoms with van der Waals surface area (Å²) in [6, 6.07) is 1.99. The minimum atomic E-state index is -0.343. The number of esters is 1. The van der Waals surface area contributed by atoms with Gasteiger partial charge in [-0.05, 0) is 37.8 Å². The monoisotopic (exact) mass is 281 g/mol. The number of ether oxygens (including phenoxy) is 1. The first-order valence-electron chi connectivity index (χ1n) is 7.66. The molecule has 1 atom stereocenters. The first-order valence-corrected chi connectivity index (χ1v) is 7.66. The van der Waals surface area contributed by atoms with Gasteiger partial charge in [0.1, 0.15) is 0 Å². The highest BCUT2D eigenvalue weighted by Crippen LogP contribution is 2.18. The standard InChI is InChI=1S/C16H27NO3/c1-3-8-15(18)14-10-12-17(13-14)11-7-5-6-9-16(19)20-4-2/h10,12-13,15,18H,3-9,11H2,1-2H3. The van der Waals surface area contributed by atoms with Crippen molar-refractivity contribution >= 4 is 5.97 Å². The molecule has 1 N–H and O–H groups in total. The number of aryl methyl sites for hydroxylation is 1. The highest BCUT2D eigenvalue weighted by atomic mass is 16.5. The Balaban J connectivity index is 2.18.